The summed E-state index contributed by atoms with van der Waals surface area (Å²) in [6.45, 7) is 2.90. The largest absolute Gasteiger partial charge is 0.480 e. The summed E-state index contributed by atoms with van der Waals surface area (Å²) in [7, 11) is 1.43. The molecule has 0 heterocycles. The van der Waals surface area contributed by atoms with Crippen LogP contribution in [0.15, 0.2) is 24.3 Å². The van der Waals surface area contributed by atoms with Crippen LogP contribution in [-0.2, 0) is 9.59 Å². The molecular weight excluding hydrogens is 301 g/mol. The topological polar surface area (TPSA) is 57.6 Å². The van der Waals surface area contributed by atoms with E-state index in [0.717, 1.165) is 4.90 Å². The van der Waals surface area contributed by atoms with Crippen LogP contribution >= 0.6 is 23.2 Å². The molecule has 0 aliphatic carbocycles. The molecule has 0 saturated heterocycles. The van der Waals surface area contributed by atoms with Gasteiger partial charge >= 0.3 is 5.97 Å². The molecule has 1 N–H and O–H groups in total. The summed E-state index contributed by atoms with van der Waals surface area (Å²) in [6.07, 6.45) is 2.72. The Morgan fingerprint density at radius 3 is 2.20 bits per heavy atom. The molecule has 108 valence electrons. The van der Waals surface area contributed by atoms with E-state index < -0.39 is 17.4 Å². The Morgan fingerprint density at radius 1 is 1.25 bits per heavy atom. The highest BCUT2D eigenvalue weighted by atomic mass is 35.5. The van der Waals surface area contributed by atoms with Gasteiger partial charge in [-0.1, -0.05) is 29.3 Å². The Morgan fingerprint density at radius 2 is 1.75 bits per heavy atom. The average Bonchev–Trinajstić information content (AvgIpc) is 2.36. The van der Waals surface area contributed by atoms with E-state index in [1.54, 1.807) is 18.2 Å². The standard InChI is InChI=1S/C14H15Cl2NO3/c1-14(2,13(19)20)17(3)12(18)8-7-9-10(15)5-4-6-11(9)16/h4-8H,1-3H3,(H,19,20). The minimum absolute atomic E-state index is 0.418. The number of hydrogen-bond acceptors (Lipinski definition) is 2. The Bertz CT molecular complexity index is 547. The van der Waals surface area contributed by atoms with Gasteiger partial charge in [0.1, 0.15) is 5.54 Å². The first-order chi connectivity index (χ1) is 9.17. The van der Waals surface area contributed by atoms with E-state index in [2.05, 4.69) is 0 Å². The summed E-state index contributed by atoms with van der Waals surface area (Å²) in [6, 6.07) is 5.01. The molecule has 0 spiro atoms. The molecule has 0 aliphatic rings. The Balaban J connectivity index is 2.96. The van der Waals surface area contributed by atoms with Crippen molar-refractivity contribution in [2.24, 2.45) is 0 Å². The number of likely N-dealkylation sites (N-methyl/N-ethyl adjacent to an activating group) is 1. The first-order valence-corrected chi connectivity index (χ1v) is 6.56. The van der Waals surface area contributed by atoms with Gasteiger partial charge < -0.3 is 10.0 Å². The normalized spacial score (nSPS) is 11.7. The van der Waals surface area contributed by atoms with Crippen molar-refractivity contribution in [3.63, 3.8) is 0 Å². The number of carboxylic acid groups (broad SMARTS) is 1. The van der Waals surface area contributed by atoms with Gasteiger partial charge in [0.2, 0.25) is 5.91 Å². The fraction of sp³-hybridized carbons (Fsp3) is 0.286. The van der Waals surface area contributed by atoms with Crippen LogP contribution in [0.5, 0.6) is 0 Å². The van der Waals surface area contributed by atoms with Gasteiger partial charge in [-0.05, 0) is 32.1 Å². The molecular formula is C14H15Cl2NO3. The van der Waals surface area contributed by atoms with Crippen LogP contribution in [0.2, 0.25) is 10.0 Å². The minimum Gasteiger partial charge on any atom is -0.480 e. The molecule has 1 rings (SSSR count). The molecule has 0 aromatic heterocycles. The van der Waals surface area contributed by atoms with Crippen molar-refractivity contribution in [3.8, 4) is 0 Å². The molecule has 0 fully saturated rings. The first kappa shape index (κ1) is 16.5. The lowest BCUT2D eigenvalue weighted by Gasteiger charge is -2.30. The first-order valence-electron chi connectivity index (χ1n) is 5.81. The zero-order chi connectivity index (χ0) is 15.5. The van der Waals surface area contributed by atoms with Gasteiger partial charge in [0.05, 0.1) is 0 Å². The molecule has 0 aliphatic heterocycles. The van der Waals surface area contributed by atoms with Crippen LogP contribution in [0.3, 0.4) is 0 Å². The van der Waals surface area contributed by atoms with Crippen molar-refractivity contribution in [1.29, 1.82) is 0 Å². The predicted molar refractivity (Wildman–Crippen MR) is 80.0 cm³/mol. The average molecular weight is 316 g/mol. The van der Waals surface area contributed by atoms with Gasteiger partial charge in [0.25, 0.3) is 0 Å². The lowest BCUT2D eigenvalue weighted by molar-refractivity contribution is -0.153. The van der Waals surface area contributed by atoms with Gasteiger partial charge in [0.15, 0.2) is 0 Å². The number of aliphatic carboxylic acids is 1. The van der Waals surface area contributed by atoms with E-state index in [0.29, 0.717) is 15.6 Å². The molecule has 0 unspecified atom stereocenters. The number of carboxylic acids is 1. The van der Waals surface area contributed by atoms with Gasteiger partial charge in [-0.15, -0.1) is 0 Å². The highest BCUT2D eigenvalue weighted by molar-refractivity contribution is 6.37. The van der Waals surface area contributed by atoms with E-state index in [1.165, 1.54) is 33.0 Å². The maximum Gasteiger partial charge on any atom is 0.329 e. The molecule has 0 radical (unpaired) electrons. The molecule has 0 saturated carbocycles. The highest BCUT2D eigenvalue weighted by Crippen LogP contribution is 2.25. The van der Waals surface area contributed by atoms with Crippen LogP contribution in [0, 0.1) is 0 Å². The number of rotatable bonds is 4. The summed E-state index contributed by atoms with van der Waals surface area (Å²) in [4.78, 5) is 24.2. The summed E-state index contributed by atoms with van der Waals surface area (Å²) in [5, 5.41) is 9.91. The molecule has 1 aromatic rings. The number of carbonyl (C=O) groups excluding carboxylic acids is 1. The summed E-state index contributed by atoms with van der Waals surface area (Å²) < 4.78 is 0. The van der Waals surface area contributed by atoms with Gasteiger partial charge in [0, 0.05) is 28.7 Å². The number of hydrogen-bond donors (Lipinski definition) is 1. The van der Waals surface area contributed by atoms with E-state index in [4.69, 9.17) is 28.3 Å². The van der Waals surface area contributed by atoms with Crippen LogP contribution in [0.25, 0.3) is 6.08 Å². The molecule has 20 heavy (non-hydrogen) atoms. The number of halogens is 2. The van der Waals surface area contributed by atoms with Crippen molar-refractivity contribution >= 4 is 41.2 Å². The highest BCUT2D eigenvalue weighted by Gasteiger charge is 2.34. The number of benzene rings is 1. The zero-order valence-electron chi connectivity index (χ0n) is 11.4. The summed E-state index contributed by atoms with van der Waals surface area (Å²) in [5.41, 5.74) is -0.781. The molecule has 4 nitrogen and oxygen atoms in total. The van der Waals surface area contributed by atoms with Crippen molar-refractivity contribution in [1.82, 2.24) is 4.90 Å². The SMILES string of the molecule is CN(C(=O)C=Cc1c(Cl)cccc1Cl)C(C)(C)C(=O)O. The molecule has 1 aromatic carbocycles. The van der Waals surface area contributed by atoms with Crippen molar-refractivity contribution in [2.75, 3.05) is 7.05 Å². The number of amides is 1. The van der Waals surface area contributed by atoms with Crippen molar-refractivity contribution in [3.05, 3.63) is 39.9 Å². The Hall–Kier alpha value is -1.52. The van der Waals surface area contributed by atoms with Crippen LogP contribution in [-0.4, -0.2) is 34.5 Å². The Labute approximate surface area is 127 Å². The van der Waals surface area contributed by atoms with Crippen LogP contribution < -0.4 is 0 Å². The minimum atomic E-state index is -1.30. The molecule has 6 heteroatoms. The van der Waals surface area contributed by atoms with Crippen molar-refractivity contribution < 1.29 is 14.7 Å². The van der Waals surface area contributed by atoms with Gasteiger partial charge in [-0.3, -0.25) is 4.79 Å². The second-order valence-electron chi connectivity index (χ2n) is 4.73. The second kappa shape index (κ2) is 6.29. The van der Waals surface area contributed by atoms with Gasteiger partial charge in [-0.2, -0.15) is 0 Å². The van der Waals surface area contributed by atoms with E-state index >= 15 is 0 Å². The number of nitrogens with zero attached hydrogens (tertiary/aromatic N) is 1. The molecule has 0 bridgehead atoms. The van der Waals surface area contributed by atoms with Crippen LogP contribution in [0.4, 0.5) is 0 Å². The van der Waals surface area contributed by atoms with E-state index in [9.17, 15) is 9.59 Å². The predicted octanol–water partition coefficient (Wildman–Crippen LogP) is 3.33. The molecule has 0 atom stereocenters. The van der Waals surface area contributed by atoms with Crippen LogP contribution in [0.1, 0.15) is 19.4 Å². The summed E-state index contributed by atoms with van der Waals surface area (Å²) >= 11 is 12.0. The second-order valence-corrected chi connectivity index (χ2v) is 5.54. The van der Waals surface area contributed by atoms with E-state index in [-0.39, 0.29) is 0 Å². The smallest absolute Gasteiger partial charge is 0.329 e. The maximum absolute atomic E-state index is 12.0. The fourth-order valence-electron chi connectivity index (χ4n) is 1.36. The monoisotopic (exact) mass is 315 g/mol. The fourth-order valence-corrected chi connectivity index (χ4v) is 1.88. The Kier molecular flexibility index (Phi) is 5.20. The third kappa shape index (κ3) is 3.52. The maximum atomic E-state index is 12.0. The third-order valence-electron chi connectivity index (χ3n) is 3.08. The van der Waals surface area contributed by atoms with Crippen molar-refractivity contribution in [2.45, 2.75) is 19.4 Å². The quantitative estimate of drug-likeness (QED) is 0.867. The molecule has 1 amide bonds. The zero-order valence-corrected chi connectivity index (χ0v) is 12.9. The number of carbonyl (C=O) groups is 2. The lowest BCUT2D eigenvalue weighted by Crippen LogP contribution is -2.50. The van der Waals surface area contributed by atoms with Gasteiger partial charge in [-0.25, -0.2) is 4.79 Å². The third-order valence-corrected chi connectivity index (χ3v) is 3.74. The summed E-state index contributed by atoms with van der Waals surface area (Å²) in [5.74, 6) is -1.54. The lowest BCUT2D eigenvalue weighted by atomic mass is 10.0. The van der Waals surface area contributed by atoms with E-state index in [1.807, 2.05) is 0 Å².